The molecule has 0 amide bonds. The SMILES string of the molecule is Cn1[nH]c(=O)c2c(c1=O)C=CC(C)(C)C=C2. The maximum Gasteiger partial charge on any atom is 0.272 e. The Morgan fingerprint density at radius 2 is 1.69 bits per heavy atom. The molecule has 84 valence electrons. The Hall–Kier alpha value is -1.84. The minimum Gasteiger partial charge on any atom is -0.267 e. The number of nitrogens with one attached hydrogen (secondary N) is 1. The molecule has 0 radical (unpaired) electrons. The predicted octanol–water partition coefficient (Wildman–Crippen LogP) is 1.14. The maximum atomic E-state index is 11.8. The number of hydrogen-bond acceptors (Lipinski definition) is 2. The highest BCUT2D eigenvalue weighted by Gasteiger charge is 2.16. The molecule has 1 aromatic heterocycles. The Morgan fingerprint density at radius 1 is 1.12 bits per heavy atom. The molecular weight excluding hydrogens is 204 g/mol. The first kappa shape index (κ1) is 10.7. The molecule has 1 heterocycles. The van der Waals surface area contributed by atoms with Crippen LogP contribution in [0.3, 0.4) is 0 Å². The van der Waals surface area contributed by atoms with Gasteiger partial charge in [0.1, 0.15) is 0 Å². The molecule has 1 aliphatic carbocycles. The summed E-state index contributed by atoms with van der Waals surface area (Å²) in [7, 11) is 1.54. The van der Waals surface area contributed by atoms with Gasteiger partial charge in [-0.05, 0) is 0 Å². The van der Waals surface area contributed by atoms with E-state index in [0.717, 1.165) is 0 Å². The number of aromatic amines is 1. The van der Waals surface area contributed by atoms with Gasteiger partial charge in [0.25, 0.3) is 11.1 Å². The molecule has 0 aliphatic heterocycles. The number of rotatable bonds is 0. The van der Waals surface area contributed by atoms with Crippen molar-refractivity contribution in [2.24, 2.45) is 12.5 Å². The summed E-state index contributed by atoms with van der Waals surface area (Å²) in [5.74, 6) is 0. The van der Waals surface area contributed by atoms with Crippen LogP contribution in [0.4, 0.5) is 0 Å². The van der Waals surface area contributed by atoms with Gasteiger partial charge < -0.3 is 0 Å². The number of aromatic nitrogens is 2. The fourth-order valence-electron chi connectivity index (χ4n) is 1.66. The molecule has 0 spiro atoms. The summed E-state index contributed by atoms with van der Waals surface area (Å²) in [6, 6.07) is 0. The fraction of sp³-hybridized carbons (Fsp3) is 0.333. The van der Waals surface area contributed by atoms with E-state index in [4.69, 9.17) is 0 Å². The number of H-pyrrole nitrogens is 1. The first-order valence-electron chi connectivity index (χ1n) is 5.12. The lowest BCUT2D eigenvalue weighted by Crippen LogP contribution is -2.31. The van der Waals surface area contributed by atoms with Crippen LogP contribution >= 0.6 is 0 Å². The highest BCUT2D eigenvalue weighted by atomic mass is 16.2. The van der Waals surface area contributed by atoms with Gasteiger partial charge in [-0.25, -0.2) is 0 Å². The minimum absolute atomic E-state index is 0.142. The molecule has 4 heteroatoms. The first-order valence-corrected chi connectivity index (χ1v) is 5.12. The van der Waals surface area contributed by atoms with Gasteiger partial charge in [0.05, 0.1) is 11.1 Å². The monoisotopic (exact) mass is 218 g/mol. The van der Waals surface area contributed by atoms with E-state index in [9.17, 15) is 9.59 Å². The van der Waals surface area contributed by atoms with Gasteiger partial charge in [0.15, 0.2) is 0 Å². The minimum atomic E-state index is -0.240. The van der Waals surface area contributed by atoms with Crippen molar-refractivity contribution in [1.29, 1.82) is 0 Å². The lowest BCUT2D eigenvalue weighted by atomic mass is 9.93. The van der Waals surface area contributed by atoms with Gasteiger partial charge in [-0.2, -0.15) is 0 Å². The fourth-order valence-corrected chi connectivity index (χ4v) is 1.66. The molecule has 0 bridgehead atoms. The zero-order valence-electron chi connectivity index (χ0n) is 9.57. The molecular formula is C12H14N2O2. The smallest absolute Gasteiger partial charge is 0.267 e. The summed E-state index contributed by atoms with van der Waals surface area (Å²) in [5, 5.41) is 2.49. The lowest BCUT2D eigenvalue weighted by Gasteiger charge is -2.11. The van der Waals surface area contributed by atoms with Crippen LogP contribution < -0.4 is 11.1 Å². The maximum absolute atomic E-state index is 11.8. The van der Waals surface area contributed by atoms with Gasteiger partial charge in [-0.3, -0.25) is 19.4 Å². The van der Waals surface area contributed by atoms with E-state index in [-0.39, 0.29) is 16.5 Å². The van der Waals surface area contributed by atoms with Crippen LogP contribution in [0.15, 0.2) is 21.7 Å². The second-order valence-corrected chi connectivity index (χ2v) is 4.62. The molecule has 16 heavy (non-hydrogen) atoms. The van der Waals surface area contributed by atoms with Crippen LogP contribution in [0, 0.1) is 5.41 Å². The number of allylic oxidation sites excluding steroid dienone is 2. The highest BCUT2D eigenvalue weighted by Crippen LogP contribution is 2.24. The molecule has 0 atom stereocenters. The zero-order valence-corrected chi connectivity index (χ0v) is 9.57. The van der Waals surface area contributed by atoms with E-state index in [1.807, 2.05) is 26.0 Å². The van der Waals surface area contributed by atoms with Crippen LogP contribution in [0.2, 0.25) is 0 Å². The molecule has 0 aromatic carbocycles. The summed E-state index contributed by atoms with van der Waals surface area (Å²) < 4.78 is 1.21. The Kier molecular flexibility index (Phi) is 2.22. The summed E-state index contributed by atoms with van der Waals surface area (Å²) in [5.41, 5.74) is 0.318. The Bertz CT molecular complexity index is 600. The lowest BCUT2D eigenvalue weighted by molar-refractivity contribution is 0.633. The van der Waals surface area contributed by atoms with Crippen molar-refractivity contribution in [2.75, 3.05) is 0 Å². The topological polar surface area (TPSA) is 54.9 Å². The molecule has 4 nitrogen and oxygen atoms in total. The molecule has 0 saturated heterocycles. The molecule has 0 unspecified atom stereocenters. The summed E-state index contributed by atoms with van der Waals surface area (Å²) in [4.78, 5) is 23.5. The van der Waals surface area contributed by atoms with Crippen molar-refractivity contribution in [1.82, 2.24) is 9.78 Å². The Labute approximate surface area is 92.9 Å². The quantitative estimate of drug-likeness (QED) is 0.710. The molecule has 0 fully saturated rings. The summed E-state index contributed by atoms with van der Waals surface area (Å²) in [6.45, 7) is 4.04. The molecule has 2 rings (SSSR count). The van der Waals surface area contributed by atoms with Crippen molar-refractivity contribution in [3.8, 4) is 0 Å². The standard InChI is InChI=1S/C12H14N2O2/c1-12(2)6-4-8-9(5-7-12)11(16)14(3)13-10(8)15/h4-7H,1-3H3,(H,13,15). The predicted molar refractivity (Wildman–Crippen MR) is 64.2 cm³/mol. The number of nitrogens with zero attached hydrogens (tertiary/aromatic N) is 1. The second kappa shape index (κ2) is 3.33. The normalized spacial score (nSPS) is 16.9. The number of aryl methyl sites for hydroxylation is 1. The van der Waals surface area contributed by atoms with E-state index < -0.39 is 0 Å². The second-order valence-electron chi connectivity index (χ2n) is 4.62. The van der Waals surface area contributed by atoms with E-state index in [1.54, 1.807) is 12.2 Å². The van der Waals surface area contributed by atoms with Crippen LogP contribution in [-0.4, -0.2) is 9.78 Å². The molecule has 1 aliphatic rings. The molecule has 0 saturated carbocycles. The van der Waals surface area contributed by atoms with E-state index >= 15 is 0 Å². The third-order valence-corrected chi connectivity index (χ3v) is 2.70. The summed E-state index contributed by atoms with van der Waals surface area (Å²) in [6.07, 6.45) is 7.29. The van der Waals surface area contributed by atoms with Gasteiger partial charge in [0, 0.05) is 12.5 Å². The highest BCUT2D eigenvalue weighted by molar-refractivity contribution is 5.67. The van der Waals surface area contributed by atoms with Gasteiger partial charge in [-0.15, -0.1) is 0 Å². The van der Waals surface area contributed by atoms with Gasteiger partial charge >= 0.3 is 0 Å². The van der Waals surface area contributed by atoms with Crippen molar-refractivity contribution < 1.29 is 0 Å². The first-order chi connectivity index (χ1) is 7.41. The van der Waals surface area contributed by atoms with Gasteiger partial charge in [-0.1, -0.05) is 38.2 Å². The Morgan fingerprint density at radius 3 is 2.31 bits per heavy atom. The van der Waals surface area contributed by atoms with E-state index in [1.165, 1.54) is 11.7 Å². The molecule has 1 N–H and O–H groups in total. The Balaban J connectivity index is 2.83. The summed E-state index contributed by atoms with van der Waals surface area (Å²) >= 11 is 0. The third-order valence-electron chi connectivity index (χ3n) is 2.70. The average Bonchev–Trinajstić information content (AvgIpc) is 2.34. The van der Waals surface area contributed by atoms with Crippen LogP contribution in [0.25, 0.3) is 12.2 Å². The van der Waals surface area contributed by atoms with Crippen molar-refractivity contribution in [2.45, 2.75) is 13.8 Å². The van der Waals surface area contributed by atoms with Crippen LogP contribution in [0.1, 0.15) is 25.0 Å². The third kappa shape index (κ3) is 1.66. The van der Waals surface area contributed by atoms with Crippen LogP contribution in [0.5, 0.6) is 0 Å². The largest absolute Gasteiger partial charge is 0.272 e. The van der Waals surface area contributed by atoms with E-state index in [0.29, 0.717) is 11.1 Å². The van der Waals surface area contributed by atoms with Gasteiger partial charge in [0.2, 0.25) is 0 Å². The molecule has 1 aromatic rings. The average molecular weight is 218 g/mol. The van der Waals surface area contributed by atoms with Crippen molar-refractivity contribution in [3.05, 3.63) is 44.0 Å². The number of fused-ring (bicyclic) bond motifs is 1. The van der Waals surface area contributed by atoms with Crippen molar-refractivity contribution >= 4 is 12.2 Å². The van der Waals surface area contributed by atoms with E-state index in [2.05, 4.69) is 5.10 Å². The van der Waals surface area contributed by atoms with Crippen molar-refractivity contribution in [3.63, 3.8) is 0 Å². The van der Waals surface area contributed by atoms with Crippen LogP contribution in [-0.2, 0) is 7.05 Å². The zero-order chi connectivity index (χ0) is 11.9. The number of hydrogen-bond donors (Lipinski definition) is 1.